The second-order valence-corrected chi connectivity index (χ2v) is 7.36. The summed E-state index contributed by atoms with van der Waals surface area (Å²) in [6.45, 7) is 0. The quantitative estimate of drug-likeness (QED) is 0.700. The second kappa shape index (κ2) is 6.93. The summed E-state index contributed by atoms with van der Waals surface area (Å²) in [4.78, 5) is 17.6. The normalized spacial score (nSPS) is 19.8. The molecule has 0 saturated heterocycles. The van der Waals surface area contributed by atoms with Gasteiger partial charge in [0.1, 0.15) is 0 Å². The van der Waals surface area contributed by atoms with Crippen LogP contribution >= 0.6 is 11.6 Å². The van der Waals surface area contributed by atoms with E-state index in [9.17, 15) is 18.0 Å². The number of H-pyrrole nitrogens is 1. The van der Waals surface area contributed by atoms with Crippen LogP contribution < -0.4 is 5.56 Å². The lowest BCUT2D eigenvalue weighted by atomic mass is 9.78. The van der Waals surface area contributed by atoms with Gasteiger partial charge < -0.3 is 4.74 Å². The van der Waals surface area contributed by atoms with Gasteiger partial charge in [-0.2, -0.15) is 13.2 Å². The van der Waals surface area contributed by atoms with Crippen LogP contribution in [0.1, 0.15) is 41.1 Å². The number of rotatable bonds is 4. The van der Waals surface area contributed by atoms with Crippen molar-refractivity contribution in [3.8, 4) is 0 Å². The fraction of sp³-hybridized carbons (Fsp3) is 0.368. The molecule has 5 nitrogen and oxygen atoms in total. The van der Waals surface area contributed by atoms with Crippen LogP contribution in [0.4, 0.5) is 13.2 Å². The van der Waals surface area contributed by atoms with Crippen LogP contribution in [0, 0.1) is 0 Å². The molecule has 1 aliphatic rings. The summed E-state index contributed by atoms with van der Waals surface area (Å²) in [5.41, 5.74) is 0.624. The zero-order chi connectivity index (χ0) is 20.1. The summed E-state index contributed by atoms with van der Waals surface area (Å²) in [7, 11) is 1.63. The number of hydrogen-bond donors (Lipinski definition) is 1. The first-order valence-corrected chi connectivity index (χ1v) is 9.13. The maximum absolute atomic E-state index is 13.2. The third-order valence-corrected chi connectivity index (χ3v) is 5.53. The third-order valence-electron chi connectivity index (χ3n) is 5.20. The number of aromatic amines is 1. The van der Waals surface area contributed by atoms with E-state index in [2.05, 4.69) is 10.1 Å². The van der Waals surface area contributed by atoms with Crippen molar-refractivity contribution >= 4 is 17.2 Å². The van der Waals surface area contributed by atoms with Gasteiger partial charge in [0.05, 0.1) is 22.4 Å². The molecular weight excluding hydrogens is 395 g/mol. The first kappa shape index (κ1) is 19.0. The summed E-state index contributed by atoms with van der Waals surface area (Å²) in [5.74, 6) is 0.0435. The molecule has 0 atom stereocenters. The number of nitrogens with one attached hydrogen (secondary N) is 1. The van der Waals surface area contributed by atoms with Crippen molar-refractivity contribution < 1.29 is 17.9 Å². The largest absolute Gasteiger partial charge is 0.417 e. The predicted molar refractivity (Wildman–Crippen MR) is 97.8 cm³/mol. The molecule has 2 heterocycles. The van der Waals surface area contributed by atoms with E-state index in [1.165, 1.54) is 16.6 Å². The third kappa shape index (κ3) is 3.31. The Bertz CT molecular complexity index is 1080. The standard InChI is InChI=1S/C19H17ClF3N3O2/c1-28-12-8-11(9-12)17-13(18(27)26-16(25-17)4-5-24-26)6-10-2-3-15(20)14(7-10)19(21,22)23/h2-5,7,11-12,24H,6,8-9H2,1H3. The van der Waals surface area contributed by atoms with Crippen molar-refractivity contribution in [2.75, 3.05) is 7.11 Å². The molecule has 0 aliphatic heterocycles. The van der Waals surface area contributed by atoms with Crippen molar-refractivity contribution in [3.05, 3.63) is 68.2 Å². The first-order chi connectivity index (χ1) is 13.3. The molecule has 0 bridgehead atoms. The molecule has 2 aromatic heterocycles. The van der Waals surface area contributed by atoms with Crippen molar-refractivity contribution in [2.24, 2.45) is 0 Å². The van der Waals surface area contributed by atoms with Gasteiger partial charge in [0, 0.05) is 37.3 Å². The monoisotopic (exact) mass is 411 g/mol. The van der Waals surface area contributed by atoms with E-state index in [-0.39, 0.29) is 29.0 Å². The molecule has 4 rings (SSSR count). The number of ether oxygens (including phenoxy) is 1. The number of aromatic nitrogens is 3. The molecule has 0 amide bonds. The Kier molecular flexibility index (Phi) is 4.71. The maximum atomic E-state index is 13.2. The van der Waals surface area contributed by atoms with E-state index in [1.54, 1.807) is 19.4 Å². The Labute approximate surface area is 163 Å². The van der Waals surface area contributed by atoms with Crippen molar-refractivity contribution in [2.45, 2.75) is 37.5 Å². The Hall–Kier alpha value is -2.32. The number of nitrogens with zero attached hydrogens (tertiary/aromatic N) is 2. The van der Waals surface area contributed by atoms with Gasteiger partial charge in [-0.1, -0.05) is 17.7 Å². The average Bonchev–Trinajstić information content (AvgIpc) is 3.06. The van der Waals surface area contributed by atoms with Crippen LogP contribution in [-0.4, -0.2) is 27.8 Å². The molecule has 3 aromatic rings. The Morgan fingerprint density at radius 3 is 2.75 bits per heavy atom. The van der Waals surface area contributed by atoms with E-state index in [1.807, 2.05) is 0 Å². The van der Waals surface area contributed by atoms with Crippen LogP contribution in [0.3, 0.4) is 0 Å². The highest BCUT2D eigenvalue weighted by Crippen LogP contribution is 2.39. The summed E-state index contributed by atoms with van der Waals surface area (Å²) in [5, 5.41) is 2.43. The number of hydrogen-bond acceptors (Lipinski definition) is 3. The van der Waals surface area contributed by atoms with E-state index in [4.69, 9.17) is 16.3 Å². The molecule has 1 aromatic carbocycles. The molecule has 148 valence electrons. The van der Waals surface area contributed by atoms with Gasteiger partial charge in [-0.05, 0) is 30.5 Å². The van der Waals surface area contributed by atoms with Crippen LogP contribution in [0.5, 0.6) is 0 Å². The molecule has 28 heavy (non-hydrogen) atoms. The van der Waals surface area contributed by atoms with Gasteiger partial charge in [0.25, 0.3) is 5.56 Å². The van der Waals surface area contributed by atoms with Crippen LogP contribution in [0.25, 0.3) is 5.65 Å². The fourth-order valence-corrected chi connectivity index (χ4v) is 3.83. The Morgan fingerprint density at radius 2 is 2.07 bits per heavy atom. The topological polar surface area (TPSA) is 59.4 Å². The van der Waals surface area contributed by atoms with Gasteiger partial charge in [-0.25, -0.2) is 9.50 Å². The second-order valence-electron chi connectivity index (χ2n) is 6.95. The Morgan fingerprint density at radius 1 is 1.32 bits per heavy atom. The molecule has 9 heteroatoms. The lowest BCUT2D eigenvalue weighted by Gasteiger charge is -2.34. The lowest BCUT2D eigenvalue weighted by molar-refractivity contribution is -0.137. The number of halogens is 4. The van der Waals surface area contributed by atoms with E-state index in [0.29, 0.717) is 22.5 Å². The number of fused-ring (bicyclic) bond motifs is 1. The van der Waals surface area contributed by atoms with E-state index < -0.39 is 11.7 Å². The van der Waals surface area contributed by atoms with Gasteiger partial charge in [-0.3, -0.25) is 9.89 Å². The van der Waals surface area contributed by atoms with Crippen molar-refractivity contribution in [3.63, 3.8) is 0 Å². The highest BCUT2D eigenvalue weighted by Gasteiger charge is 2.35. The molecule has 0 spiro atoms. The maximum Gasteiger partial charge on any atom is 0.417 e. The number of methoxy groups -OCH3 is 1. The highest BCUT2D eigenvalue weighted by atomic mass is 35.5. The Balaban J connectivity index is 1.78. The lowest BCUT2D eigenvalue weighted by Crippen LogP contribution is -2.33. The minimum atomic E-state index is -4.56. The SMILES string of the molecule is COC1CC(c2nc3cc[nH]n3c(=O)c2Cc2ccc(Cl)c(C(F)(F)F)c2)C1. The summed E-state index contributed by atoms with van der Waals surface area (Å²) in [6.07, 6.45) is -1.36. The van der Waals surface area contributed by atoms with Crippen LogP contribution in [0.2, 0.25) is 5.02 Å². The van der Waals surface area contributed by atoms with E-state index >= 15 is 0 Å². The first-order valence-electron chi connectivity index (χ1n) is 8.75. The van der Waals surface area contributed by atoms with Gasteiger partial charge in [0.2, 0.25) is 0 Å². The predicted octanol–water partition coefficient (Wildman–Crippen LogP) is 4.18. The smallest absolute Gasteiger partial charge is 0.381 e. The van der Waals surface area contributed by atoms with Crippen molar-refractivity contribution in [1.29, 1.82) is 0 Å². The molecule has 0 unspecified atom stereocenters. The number of alkyl halides is 3. The fourth-order valence-electron chi connectivity index (χ4n) is 3.60. The number of benzene rings is 1. The zero-order valence-electron chi connectivity index (χ0n) is 14.9. The molecule has 0 radical (unpaired) electrons. The molecular formula is C19H17ClF3N3O2. The van der Waals surface area contributed by atoms with Crippen LogP contribution in [-0.2, 0) is 17.3 Å². The molecule has 1 N–H and O–H groups in total. The summed E-state index contributed by atoms with van der Waals surface area (Å²) < 4.78 is 46.2. The van der Waals surface area contributed by atoms with Gasteiger partial charge in [0.15, 0.2) is 5.65 Å². The average molecular weight is 412 g/mol. The molecule has 1 aliphatic carbocycles. The van der Waals surface area contributed by atoms with Gasteiger partial charge >= 0.3 is 6.18 Å². The summed E-state index contributed by atoms with van der Waals surface area (Å²) >= 11 is 5.71. The van der Waals surface area contributed by atoms with Crippen LogP contribution in [0.15, 0.2) is 35.3 Å². The van der Waals surface area contributed by atoms with Crippen molar-refractivity contribution in [1.82, 2.24) is 14.6 Å². The van der Waals surface area contributed by atoms with Gasteiger partial charge in [-0.15, -0.1) is 0 Å². The van der Waals surface area contributed by atoms with E-state index in [0.717, 1.165) is 18.9 Å². The highest BCUT2D eigenvalue weighted by molar-refractivity contribution is 6.31. The minimum absolute atomic E-state index is 0.0392. The molecule has 1 fully saturated rings. The summed E-state index contributed by atoms with van der Waals surface area (Å²) in [6, 6.07) is 5.39. The molecule has 1 saturated carbocycles. The minimum Gasteiger partial charge on any atom is -0.381 e. The zero-order valence-corrected chi connectivity index (χ0v) is 15.6.